The molecule has 7 nitrogen and oxygen atoms in total. The van der Waals surface area contributed by atoms with Gasteiger partial charge in [-0.25, -0.2) is 9.18 Å². The van der Waals surface area contributed by atoms with E-state index in [0.717, 1.165) is 6.20 Å². The SMILES string of the molecule is C#C[C@]1(CO)O[C@@H](n2cc(F)c(=S)[nH]c2=O)[C@@H](O)C1O. The van der Waals surface area contributed by atoms with Crippen molar-refractivity contribution in [2.75, 3.05) is 6.61 Å². The van der Waals surface area contributed by atoms with E-state index in [1.54, 1.807) is 0 Å². The number of hydrogen-bond donors (Lipinski definition) is 4. The molecule has 0 spiro atoms. The summed E-state index contributed by atoms with van der Waals surface area (Å²) in [7, 11) is 0. The first-order valence-electron chi connectivity index (χ1n) is 5.50. The van der Waals surface area contributed by atoms with Gasteiger partial charge in [-0.1, -0.05) is 18.1 Å². The molecule has 1 fully saturated rings. The van der Waals surface area contributed by atoms with Gasteiger partial charge in [0.25, 0.3) is 0 Å². The Labute approximate surface area is 117 Å². The number of halogens is 1. The van der Waals surface area contributed by atoms with E-state index in [-0.39, 0.29) is 0 Å². The first-order valence-corrected chi connectivity index (χ1v) is 5.90. The van der Waals surface area contributed by atoms with E-state index in [4.69, 9.17) is 11.2 Å². The Bertz CT molecular complexity index is 681. The van der Waals surface area contributed by atoms with Crippen molar-refractivity contribution >= 4 is 12.2 Å². The minimum absolute atomic E-state index is 0.398. The van der Waals surface area contributed by atoms with Crippen LogP contribution in [0.5, 0.6) is 0 Å². The molecule has 4 atom stereocenters. The van der Waals surface area contributed by atoms with E-state index in [1.807, 2.05) is 10.9 Å². The average Bonchev–Trinajstić information content (AvgIpc) is 2.68. The second kappa shape index (κ2) is 5.08. The number of rotatable bonds is 2. The van der Waals surface area contributed by atoms with Crippen molar-refractivity contribution in [3.05, 3.63) is 27.1 Å². The summed E-state index contributed by atoms with van der Waals surface area (Å²) in [5.74, 6) is 1.12. The average molecular weight is 302 g/mol. The molecule has 2 heterocycles. The lowest BCUT2D eigenvalue weighted by atomic mass is 9.97. The summed E-state index contributed by atoms with van der Waals surface area (Å²) in [6.45, 7) is -0.779. The summed E-state index contributed by atoms with van der Waals surface area (Å²) in [6, 6.07) is 0. The van der Waals surface area contributed by atoms with Crippen LogP contribution in [0, 0.1) is 22.8 Å². The second-order valence-corrected chi connectivity index (χ2v) is 4.69. The zero-order chi connectivity index (χ0) is 15.1. The number of aromatic nitrogens is 2. The van der Waals surface area contributed by atoms with Gasteiger partial charge in [-0.2, -0.15) is 0 Å². The molecule has 0 amide bonds. The molecule has 9 heteroatoms. The molecule has 108 valence electrons. The van der Waals surface area contributed by atoms with Crippen LogP contribution in [0.4, 0.5) is 4.39 Å². The Morgan fingerprint density at radius 3 is 2.80 bits per heavy atom. The maximum atomic E-state index is 13.4. The Morgan fingerprint density at radius 1 is 1.65 bits per heavy atom. The predicted molar refractivity (Wildman–Crippen MR) is 66.6 cm³/mol. The quantitative estimate of drug-likeness (QED) is 0.398. The number of aromatic amines is 1. The maximum absolute atomic E-state index is 13.4. The number of nitrogens with zero attached hydrogens (tertiary/aromatic N) is 1. The van der Waals surface area contributed by atoms with Crippen molar-refractivity contribution in [3.63, 3.8) is 0 Å². The topological polar surface area (TPSA) is 108 Å². The molecule has 0 saturated carbocycles. The maximum Gasteiger partial charge on any atom is 0.328 e. The standard InChI is InChI=1S/C11H11FN2O5S/c1-2-11(4-15)7(17)6(16)9(19-11)14-3-5(12)8(20)13-10(14)18/h1,3,6-7,9,15-17H,4H2,(H,13,18,20)/t6-,7?,9+,11+/m0/s1. The third kappa shape index (κ3) is 2.07. The normalized spacial score (nSPS) is 33.0. The van der Waals surface area contributed by atoms with Crippen LogP contribution in [0.3, 0.4) is 0 Å². The summed E-state index contributed by atoms with van der Waals surface area (Å²) in [4.78, 5) is 13.7. The van der Waals surface area contributed by atoms with Gasteiger partial charge in [0, 0.05) is 0 Å². The molecule has 2 rings (SSSR count). The van der Waals surface area contributed by atoms with Crippen molar-refractivity contribution in [2.24, 2.45) is 0 Å². The molecule has 4 N–H and O–H groups in total. The van der Waals surface area contributed by atoms with E-state index in [0.29, 0.717) is 4.57 Å². The predicted octanol–water partition coefficient (Wildman–Crippen LogP) is -1.34. The van der Waals surface area contributed by atoms with Crippen LogP contribution >= 0.6 is 12.2 Å². The Morgan fingerprint density at radius 2 is 2.30 bits per heavy atom. The number of hydrogen-bond acceptors (Lipinski definition) is 6. The summed E-state index contributed by atoms with van der Waals surface area (Å²) in [6.07, 6.45) is 1.18. The Hall–Kier alpha value is -1.57. The van der Waals surface area contributed by atoms with E-state index in [2.05, 4.69) is 12.2 Å². The van der Waals surface area contributed by atoms with E-state index < -0.39 is 46.8 Å². The number of ether oxygens (including phenoxy) is 1. The molecule has 1 aromatic rings. The molecule has 0 radical (unpaired) electrons. The Kier molecular flexibility index (Phi) is 3.77. The van der Waals surface area contributed by atoms with Crippen LogP contribution in [0.2, 0.25) is 0 Å². The lowest BCUT2D eigenvalue weighted by Crippen LogP contribution is -2.45. The molecule has 0 aromatic carbocycles. The van der Waals surface area contributed by atoms with Crippen LogP contribution in [0.1, 0.15) is 6.23 Å². The fourth-order valence-corrected chi connectivity index (χ4v) is 2.09. The molecular weight excluding hydrogens is 291 g/mol. The van der Waals surface area contributed by atoms with E-state index in [9.17, 15) is 24.5 Å². The molecule has 1 aliphatic rings. The minimum atomic E-state index is -1.87. The molecule has 1 unspecified atom stereocenters. The van der Waals surface area contributed by atoms with Gasteiger partial charge in [-0.3, -0.25) is 9.55 Å². The number of aliphatic hydroxyl groups is 3. The van der Waals surface area contributed by atoms with Gasteiger partial charge >= 0.3 is 5.69 Å². The van der Waals surface area contributed by atoms with Gasteiger partial charge in [0.2, 0.25) is 0 Å². The zero-order valence-electron chi connectivity index (χ0n) is 9.99. The van der Waals surface area contributed by atoms with E-state index in [1.165, 1.54) is 0 Å². The van der Waals surface area contributed by atoms with Gasteiger partial charge in [-0.15, -0.1) is 6.42 Å². The monoisotopic (exact) mass is 302 g/mol. The van der Waals surface area contributed by atoms with Crippen LogP contribution < -0.4 is 5.69 Å². The summed E-state index contributed by atoms with van der Waals surface area (Å²) in [5.41, 5.74) is -2.72. The smallest absolute Gasteiger partial charge is 0.328 e. The van der Waals surface area contributed by atoms with Gasteiger partial charge in [0.15, 0.2) is 17.6 Å². The highest BCUT2D eigenvalue weighted by Gasteiger charge is 2.54. The molecule has 1 aliphatic heterocycles. The fraction of sp³-hybridized carbons (Fsp3) is 0.455. The highest BCUT2D eigenvalue weighted by molar-refractivity contribution is 7.71. The molecule has 0 bridgehead atoms. The van der Waals surface area contributed by atoms with Crippen molar-refractivity contribution in [1.29, 1.82) is 0 Å². The summed E-state index contributed by atoms with van der Waals surface area (Å²) >= 11 is 4.55. The molecular formula is C11H11FN2O5S. The number of H-pyrrole nitrogens is 1. The second-order valence-electron chi connectivity index (χ2n) is 4.28. The third-order valence-electron chi connectivity index (χ3n) is 3.10. The fourth-order valence-electron chi connectivity index (χ4n) is 1.95. The van der Waals surface area contributed by atoms with Crippen molar-refractivity contribution in [2.45, 2.75) is 24.0 Å². The number of terminal acetylenes is 1. The van der Waals surface area contributed by atoms with Crippen LogP contribution in [0.25, 0.3) is 0 Å². The minimum Gasteiger partial charge on any atom is -0.392 e. The largest absolute Gasteiger partial charge is 0.392 e. The molecule has 1 aromatic heterocycles. The number of aliphatic hydroxyl groups excluding tert-OH is 3. The highest BCUT2D eigenvalue weighted by Crippen LogP contribution is 2.35. The van der Waals surface area contributed by atoms with Crippen LogP contribution in [-0.4, -0.2) is 49.3 Å². The van der Waals surface area contributed by atoms with Crippen molar-refractivity contribution < 1.29 is 24.4 Å². The van der Waals surface area contributed by atoms with Crippen LogP contribution in [-0.2, 0) is 4.74 Å². The number of nitrogens with one attached hydrogen (secondary N) is 1. The van der Waals surface area contributed by atoms with Gasteiger partial charge < -0.3 is 20.1 Å². The summed E-state index contributed by atoms with van der Waals surface area (Å²) in [5, 5.41) is 28.9. The third-order valence-corrected chi connectivity index (χ3v) is 3.40. The van der Waals surface area contributed by atoms with Gasteiger partial charge in [0.05, 0.1) is 12.8 Å². The van der Waals surface area contributed by atoms with Gasteiger partial charge in [-0.05, 0) is 0 Å². The van der Waals surface area contributed by atoms with Crippen molar-refractivity contribution in [3.8, 4) is 12.3 Å². The lowest BCUT2D eigenvalue weighted by Gasteiger charge is -2.23. The van der Waals surface area contributed by atoms with Crippen LogP contribution in [0.15, 0.2) is 11.0 Å². The lowest BCUT2D eigenvalue weighted by molar-refractivity contribution is -0.0938. The van der Waals surface area contributed by atoms with Crippen molar-refractivity contribution in [1.82, 2.24) is 9.55 Å². The molecule has 1 saturated heterocycles. The zero-order valence-corrected chi connectivity index (χ0v) is 10.8. The Balaban J connectivity index is 2.51. The molecule has 20 heavy (non-hydrogen) atoms. The first-order chi connectivity index (χ1) is 9.36. The first kappa shape index (κ1) is 14.8. The summed E-state index contributed by atoms with van der Waals surface area (Å²) < 4.78 is 18.9. The highest BCUT2D eigenvalue weighted by atomic mass is 32.1. The van der Waals surface area contributed by atoms with E-state index >= 15 is 0 Å². The van der Waals surface area contributed by atoms with Gasteiger partial charge in [0.1, 0.15) is 16.8 Å². The molecule has 0 aliphatic carbocycles.